The molecular formula is C12H17ClF3NO. The number of halogens is 4. The van der Waals surface area contributed by atoms with E-state index in [2.05, 4.69) is 0 Å². The molecule has 0 amide bonds. The van der Waals surface area contributed by atoms with Crippen molar-refractivity contribution in [3.63, 3.8) is 0 Å². The summed E-state index contributed by atoms with van der Waals surface area (Å²) in [6.07, 6.45) is -7.23. The van der Waals surface area contributed by atoms with Crippen molar-refractivity contribution in [3.05, 3.63) is 35.4 Å². The fraction of sp³-hybridized carbons (Fsp3) is 0.500. The molecule has 0 aliphatic rings. The van der Waals surface area contributed by atoms with Gasteiger partial charge in [0.05, 0.1) is 6.04 Å². The Morgan fingerprint density at radius 3 is 1.78 bits per heavy atom. The summed E-state index contributed by atoms with van der Waals surface area (Å²) in [5, 5.41) is 9.04. The fourth-order valence-electron chi connectivity index (χ4n) is 1.49. The van der Waals surface area contributed by atoms with Gasteiger partial charge in [-0.05, 0) is 17.0 Å². The van der Waals surface area contributed by atoms with Gasteiger partial charge in [0, 0.05) is 0 Å². The Labute approximate surface area is 110 Å². The van der Waals surface area contributed by atoms with Crippen LogP contribution in [0.5, 0.6) is 0 Å². The topological polar surface area (TPSA) is 46.2 Å². The molecule has 0 fully saturated rings. The van der Waals surface area contributed by atoms with Crippen molar-refractivity contribution in [2.45, 2.75) is 38.1 Å². The fourth-order valence-corrected chi connectivity index (χ4v) is 1.49. The van der Waals surface area contributed by atoms with Crippen molar-refractivity contribution in [3.8, 4) is 0 Å². The van der Waals surface area contributed by atoms with E-state index in [9.17, 15) is 13.2 Å². The second-order valence-electron chi connectivity index (χ2n) is 4.33. The first-order valence-electron chi connectivity index (χ1n) is 5.33. The van der Waals surface area contributed by atoms with Crippen molar-refractivity contribution in [2.24, 2.45) is 5.73 Å². The Bertz CT molecular complexity index is 365. The smallest absolute Gasteiger partial charge is 0.382 e. The monoisotopic (exact) mass is 283 g/mol. The number of rotatable bonds is 3. The summed E-state index contributed by atoms with van der Waals surface area (Å²) < 4.78 is 36.8. The lowest BCUT2D eigenvalue weighted by Crippen LogP contribution is -2.38. The van der Waals surface area contributed by atoms with Crippen LogP contribution in [0, 0.1) is 0 Å². The van der Waals surface area contributed by atoms with E-state index in [-0.39, 0.29) is 18.0 Å². The van der Waals surface area contributed by atoms with Gasteiger partial charge >= 0.3 is 6.18 Å². The van der Waals surface area contributed by atoms with Gasteiger partial charge in [-0.1, -0.05) is 38.1 Å². The second kappa shape index (κ2) is 6.41. The molecule has 0 bridgehead atoms. The Balaban J connectivity index is 0.00000289. The lowest BCUT2D eigenvalue weighted by atomic mass is 9.97. The first-order valence-corrected chi connectivity index (χ1v) is 5.33. The number of hydrogen-bond donors (Lipinski definition) is 2. The van der Waals surface area contributed by atoms with Crippen molar-refractivity contribution in [1.82, 2.24) is 0 Å². The van der Waals surface area contributed by atoms with Crippen molar-refractivity contribution >= 4 is 12.4 Å². The number of benzene rings is 1. The average molecular weight is 284 g/mol. The summed E-state index contributed by atoms with van der Waals surface area (Å²) >= 11 is 0. The Morgan fingerprint density at radius 2 is 1.44 bits per heavy atom. The van der Waals surface area contributed by atoms with Gasteiger partial charge in [-0.15, -0.1) is 12.4 Å². The Hall–Kier alpha value is -0.780. The third-order valence-corrected chi connectivity index (χ3v) is 2.66. The zero-order valence-corrected chi connectivity index (χ0v) is 10.9. The predicted octanol–water partition coefficient (Wildman–Crippen LogP) is 3.15. The highest BCUT2D eigenvalue weighted by atomic mass is 35.5. The molecule has 6 heteroatoms. The summed E-state index contributed by atoms with van der Waals surface area (Å²) in [6, 6.07) is 5.05. The van der Waals surface area contributed by atoms with E-state index in [4.69, 9.17) is 10.8 Å². The zero-order valence-electron chi connectivity index (χ0n) is 10.1. The lowest BCUT2D eigenvalue weighted by molar-refractivity contribution is -0.210. The maximum atomic E-state index is 12.3. The van der Waals surface area contributed by atoms with Crippen LogP contribution in [-0.2, 0) is 0 Å². The van der Waals surface area contributed by atoms with Crippen molar-refractivity contribution < 1.29 is 18.3 Å². The molecule has 1 aromatic carbocycles. The minimum absolute atomic E-state index is 0. The van der Waals surface area contributed by atoms with Crippen LogP contribution < -0.4 is 5.73 Å². The van der Waals surface area contributed by atoms with E-state index < -0.39 is 18.3 Å². The van der Waals surface area contributed by atoms with Gasteiger partial charge in [-0.3, -0.25) is 0 Å². The van der Waals surface area contributed by atoms with Gasteiger partial charge in [0.15, 0.2) is 6.10 Å². The van der Waals surface area contributed by atoms with E-state index in [1.54, 1.807) is 12.1 Å². The number of aliphatic hydroxyl groups is 1. The van der Waals surface area contributed by atoms with Crippen LogP contribution in [0.25, 0.3) is 0 Å². The molecule has 0 radical (unpaired) electrons. The van der Waals surface area contributed by atoms with Gasteiger partial charge in [0.2, 0.25) is 0 Å². The first kappa shape index (κ1) is 17.2. The quantitative estimate of drug-likeness (QED) is 0.895. The number of alkyl halides is 3. The van der Waals surface area contributed by atoms with Crippen LogP contribution in [0.3, 0.4) is 0 Å². The highest BCUT2D eigenvalue weighted by molar-refractivity contribution is 5.85. The maximum Gasteiger partial charge on any atom is 0.416 e. The molecule has 2 nitrogen and oxygen atoms in total. The van der Waals surface area contributed by atoms with Gasteiger partial charge in [0.1, 0.15) is 0 Å². The molecule has 1 aromatic rings. The molecule has 18 heavy (non-hydrogen) atoms. The van der Waals surface area contributed by atoms with Crippen LogP contribution in [0.1, 0.15) is 36.9 Å². The molecule has 0 aliphatic carbocycles. The van der Waals surface area contributed by atoms with Gasteiger partial charge in [0.25, 0.3) is 0 Å². The zero-order chi connectivity index (χ0) is 13.2. The Kier molecular flexibility index (Phi) is 6.13. The van der Waals surface area contributed by atoms with Gasteiger partial charge < -0.3 is 10.8 Å². The van der Waals surface area contributed by atoms with Crippen molar-refractivity contribution in [2.75, 3.05) is 0 Å². The van der Waals surface area contributed by atoms with E-state index in [1.807, 2.05) is 13.8 Å². The third-order valence-electron chi connectivity index (χ3n) is 2.66. The average Bonchev–Trinajstić information content (AvgIpc) is 2.26. The molecule has 0 unspecified atom stereocenters. The van der Waals surface area contributed by atoms with Crippen LogP contribution in [0.2, 0.25) is 0 Å². The number of aliphatic hydroxyl groups excluding tert-OH is 1. The highest BCUT2D eigenvalue weighted by Crippen LogP contribution is 2.29. The van der Waals surface area contributed by atoms with Crippen LogP contribution in [-0.4, -0.2) is 17.4 Å². The predicted molar refractivity (Wildman–Crippen MR) is 66.8 cm³/mol. The standard InChI is InChI=1S/C12H16F3NO.ClH/c1-7(2)8-3-5-9(6-4-8)10(16)11(17)12(13,14)15;/h3-7,10-11,17H,16H2,1-2H3;1H/t10-,11-;/m1./s1. The molecule has 0 aromatic heterocycles. The molecular weight excluding hydrogens is 267 g/mol. The molecule has 0 heterocycles. The van der Waals surface area contributed by atoms with Crippen LogP contribution >= 0.6 is 12.4 Å². The lowest BCUT2D eigenvalue weighted by Gasteiger charge is -2.22. The summed E-state index contributed by atoms with van der Waals surface area (Å²) in [5.41, 5.74) is 6.67. The molecule has 0 saturated heterocycles. The number of nitrogens with two attached hydrogens (primary N) is 1. The summed E-state index contributed by atoms with van der Waals surface area (Å²) in [6.45, 7) is 3.97. The van der Waals surface area contributed by atoms with Gasteiger partial charge in [-0.2, -0.15) is 13.2 Å². The second-order valence-corrected chi connectivity index (χ2v) is 4.33. The van der Waals surface area contributed by atoms with Crippen LogP contribution in [0.4, 0.5) is 13.2 Å². The molecule has 2 atom stereocenters. The largest absolute Gasteiger partial charge is 0.416 e. The van der Waals surface area contributed by atoms with Crippen molar-refractivity contribution in [1.29, 1.82) is 0 Å². The van der Waals surface area contributed by atoms with E-state index >= 15 is 0 Å². The van der Waals surface area contributed by atoms with E-state index in [0.717, 1.165) is 5.56 Å². The van der Waals surface area contributed by atoms with Crippen LogP contribution in [0.15, 0.2) is 24.3 Å². The third kappa shape index (κ3) is 4.15. The number of hydrogen-bond acceptors (Lipinski definition) is 2. The SMILES string of the molecule is CC(C)c1ccc([C@@H](N)[C@@H](O)C(F)(F)F)cc1.Cl. The molecule has 0 spiro atoms. The summed E-state index contributed by atoms with van der Waals surface area (Å²) in [7, 11) is 0. The molecule has 0 aliphatic heterocycles. The summed E-state index contributed by atoms with van der Waals surface area (Å²) in [5.74, 6) is 0.299. The van der Waals surface area contributed by atoms with E-state index in [0.29, 0.717) is 5.92 Å². The minimum Gasteiger partial charge on any atom is -0.382 e. The molecule has 1 rings (SSSR count). The first-order chi connectivity index (χ1) is 7.73. The minimum atomic E-state index is -4.70. The molecule has 0 saturated carbocycles. The Morgan fingerprint density at radius 1 is 1.06 bits per heavy atom. The molecule has 104 valence electrons. The normalized spacial score (nSPS) is 15.1. The highest BCUT2D eigenvalue weighted by Gasteiger charge is 2.42. The maximum absolute atomic E-state index is 12.3. The van der Waals surface area contributed by atoms with E-state index in [1.165, 1.54) is 12.1 Å². The molecule has 3 N–H and O–H groups in total. The summed E-state index contributed by atoms with van der Waals surface area (Å²) in [4.78, 5) is 0. The van der Waals surface area contributed by atoms with Gasteiger partial charge in [-0.25, -0.2) is 0 Å².